The molecule has 0 bridgehead atoms. The van der Waals surface area contributed by atoms with E-state index >= 15 is 0 Å². The first-order valence-corrected chi connectivity index (χ1v) is 12.5. The Morgan fingerprint density at radius 1 is 0.969 bits per heavy atom. The van der Waals surface area contributed by atoms with Crippen molar-refractivity contribution in [2.75, 3.05) is 26.7 Å². The van der Waals surface area contributed by atoms with Crippen molar-refractivity contribution in [1.29, 1.82) is 0 Å². The molecule has 0 spiro atoms. The largest absolute Gasteiger partial charge is 0.304 e. The predicted molar refractivity (Wildman–Crippen MR) is 130 cm³/mol. The molecule has 0 aromatic carbocycles. The van der Waals surface area contributed by atoms with Gasteiger partial charge >= 0.3 is 0 Å². The number of fused-ring (bicyclic) bond motifs is 1. The Labute approximate surface area is 192 Å². The van der Waals surface area contributed by atoms with Crippen LogP contribution in [-0.2, 0) is 6.42 Å². The normalized spacial score (nSPS) is 23.7. The molecule has 0 N–H and O–H groups in total. The van der Waals surface area contributed by atoms with Gasteiger partial charge in [0.15, 0.2) is 0 Å². The summed E-state index contributed by atoms with van der Waals surface area (Å²) < 4.78 is 2.37. The fourth-order valence-electron chi connectivity index (χ4n) is 5.95. The van der Waals surface area contributed by atoms with Crippen LogP contribution in [0.15, 0.2) is 42.7 Å². The third-order valence-electron chi connectivity index (χ3n) is 7.92. The van der Waals surface area contributed by atoms with E-state index in [1.54, 1.807) is 0 Å². The van der Waals surface area contributed by atoms with Gasteiger partial charge in [-0.3, -0.25) is 9.88 Å². The first-order valence-electron chi connectivity index (χ1n) is 12.5. The number of rotatable bonds is 5. The Balaban J connectivity index is 1.47. The molecule has 32 heavy (non-hydrogen) atoms. The van der Waals surface area contributed by atoms with Gasteiger partial charge in [-0.05, 0) is 102 Å². The first-order chi connectivity index (χ1) is 15.7. The van der Waals surface area contributed by atoms with Crippen LogP contribution in [0.1, 0.15) is 73.8 Å². The predicted octanol–water partition coefficient (Wildman–Crippen LogP) is 5.21. The van der Waals surface area contributed by atoms with Crippen LogP contribution in [0.25, 0.3) is 5.65 Å². The van der Waals surface area contributed by atoms with Crippen molar-refractivity contribution in [2.24, 2.45) is 5.92 Å². The Bertz CT molecular complexity index is 1050. The minimum absolute atomic E-state index is 0.348. The van der Waals surface area contributed by atoms with Gasteiger partial charge in [0.05, 0.1) is 23.5 Å². The molecule has 170 valence electrons. The first kappa shape index (κ1) is 21.6. The molecule has 0 aliphatic carbocycles. The lowest BCUT2D eigenvalue weighted by Gasteiger charge is -2.39. The second-order valence-corrected chi connectivity index (χ2v) is 9.79. The van der Waals surface area contributed by atoms with E-state index in [1.807, 2.05) is 12.3 Å². The van der Waals surface area contributed by atoms with E-state index in [1.165, 1.54) is 74.4 Å². The van der Waals surface area contributed by atoms with Crippen LogP contribution < -0.4 is 0 Å². The molecule has 0 radical (unpaired) electrons. The van der Waals surface area contributed by atoms with Gasteiger partial charge in [0.1, 0.15) is 5.65 Å². The maximum Gasteiger partial charge on any atom is 0.137 e. The van der Waals surface area contributed by atoms with Crippen molar-refractivity contribution < 1.29 is 0 Å². The molecule has 0 saturated carbocycles. The van der Waals surface area contributed by atoms with Crippen molar-refractivity contribution in [3.05, 3.63) is 65.4 Å². The van der Waals surface area contributed by atoms with Crippen molar-refractivity contribution in [3.8, 4) is 0 Å². The summed E-state index contributed by atoms with van der Waals surface area (Å²) in [6.45, 7) is 8.12. The van der Waals surface area contributed by atoms with Crippen molar-refractivity contribution >= 4 is 5.65 Å². The number of pyridine rings is 2. The Hall–Kier alpha value is -2.24. The van der Waals surface area contributed by atoms with Gasteiger partial charge in [-0.25, -0.2) is 4.98 Å². The van der Waals surface area contributed by atoms with Gasteiger partial charge in [0.25, 0.3) is 0 Å². The van der Waals surface area contributed by atoms with Crippen LogP contribution in [0.2, 0.25) is 0 Å². The molecular formula is C27H37N5. The maximum absolute atomic E-state index is 5.22. The summed E-state index contributed by atoms with van der Waals surface area (Å²) in [6.07, 6.45) is 11.4. The van der Waals surface area contributed by atoms with Crippen molar-refractivity contribution in [1.82, 2.24) is 24.2 Å². The summed E-state index contributed by atoms with van der Waals surface area (Å²) in [6, 6.07) is 11.4. The number of hydrogen-bond acceptors (Lipinski definition) is 4. The number of piperidine rings is 2. The number of likely N-dealkylation sites (tertiary alicyclic amines) is 2. The Morgan fingerprint density at radius 2 is 1.75 bits per heavy atom. The SMILES string of the molecule is CCN1CCC(Cc2c([C@H]3CCC[C@@H](c4ncccc4C)N3C)nc3ccccn23)CC1. The summed E-state index contributed by atoms with van der Waals surface area (Å²) in [7, 11) is 2.29. The van der Waals surface area contributed by atoms with Crippen LogP contribution in [0.3, 0.4) is 0 Å². The Kier molecular flexibility index (Phi) is 6.29. The van der Waals surface area contributed by atoms with Crippen LogP contribution in [0.4, 0.5) is 0 Å². The number of imidazole rings is 1. The van der Waals surface area contributed by atoms with Crippen LogP contribution >= 0.6 is 0 Å². The van der Waals surface area contributed by atoms with E-state index < -0.39 is 0 Å². The zero-order chi connectivity index (χ0) is 22.1. The van der Waals surface area contributed by atoms with Gasteiger partial charge in [-0.15, -0.1) is 0 Å². The topological polar surface area (TPSA) is 36.7 Å². The molecule has 2 fully saturated rings. The fourth-order valence-corrected chi connectivity index (χ4v) is 5.95. The van der Waals surface area contributed by atoms with Gasteiger partial charge in [-0.1, -0.05) is 19.1 Å². The van der Waals surface area contributed by atoms with Gasteiger partial charge < -0.3 is 9.30 Å². The summed E-state index contributed by atoms with van der Waals surface area (Å²) in [5.74, 6) is 0.749. The van der Waals surface area contributed by atoms with Gasteiger partial charge in [-0.2, -0.15) is 0 Å². The number of hydrogen-bond donors (Lipinski definition) is 0. The lowest BCUT2D eigenvalue weighted by Crippen LogP contribution is -2.36. The Morgan fingerprint density at radius 3 is 2.50 bits per heavy atom. The molecule has 5 heteroatoms. The molecule has 5 rings (SSSR count). The van der Waals surface area contributed by atoms with Crippen molar-refractivity contribution in [2.45, 2.75) is 64.5 Å². The minimum atomic E-state index is 0.348. The molecule has 3 aromatic heterocycles. The molecule has 5 nitrogen and oxygen atoms in total. The average molecular weight is 432 g/mol. The smallest absolute Gasteiger partial charge is 0.137 e. The summed E-state index contributed by atoms with van der Waals surface area (Å²) in [5, 5.41) is 0. The molecule has 2 aliphatic heterocycles. The molecule has 0 unspecified atom stereocenters. The quantitative estimate of drug-likeness (QED) is 0.556. The van der Waals surface area contributed by atoms with Gasteiger partial charge in [0.2, 0.25) is 0 Å². The zero-order valence-corrected chi connectivity index (χ0v) is 19.9. The van der Waals surface area contributed by atoms with Crippen LogP contribution in [0.5, 0.6) is 0 Å². The third kappa shape index (κ3) is 4.08. The molecule has 2 saturated heterocycles. The highest BCUT2D eigenvalue weighted by molar-refractivity contribution is 5.44. The summed E-state index contributed by atoms with van der Waals surface area (Å²) >= 11 is 0. The maximum atomic E-state index is 5.22. The second-order valence-electron chi connectivity index (χ2n) is 9.79. The molecule has 5 heterocycles. The standard InChI is InChI=1S/C27H37N5/c1-4-31-17-13-21(14-18-31)19-24-27(29-25-12-5-6-16-32(24)25)23-11-7-10-22(30(23)3)26-20(2)9-8-15-28-26/h5-6,8-9,12,15-16,21-23H,4,7,10-11,13-14,17-19H2,1-3H3/t22-,23+/m0/s1. The van der Waals surface area contributed by atoms with E-state index in [2.05, 4.69) is 65.6 Å². The van der Waals surface area contributed by atoms with Crippen LogP contribution in [0, 0.1) is 12.8 Å². The van der Waals surface area contributed by atoms with E-state index in [9.17, 15) is 0 Å². The van der Waals surface area contributed by atoms with Crippen molar-refractivity contribution in [3.63, 3.8) is 0 Å². The second kappa shape index (κ2) is 9.32. The summed E-state index contributed by atoms with van der Waals surface area (Å²) in [5.41, 5.74) is 6.36. The lowest BCUT2D eigenvalue weighted by molar-refractivity contribution is 0.108. The molecule has 2 atom stereocenters. The highest BCUT2D eigenvalue weighted by Gasteiger charge is 2.35. The summed E-state index contributed by atoms with van der Waals surface area (Å²) in [4.78, 5) is 15.2. The number of aromatic nitrogens is 3. The third-order valence-corrected chi connectivity index (χ3v) is 7.92. The minimum Gasteiger partial charge on any atom is -0.304 e. The fraction of sp³-hybridized carbons (Fsp3) is 0.556. The molecule has 0 amide bonds. The highest BCUT2D eigenvalue weighted by atomic mass is 15.2. The number of aryl methyl sites for hydroxylation is 1. The van der Waals surface area contributed by atoms with E-state index in [4.69, 9.17) is 9.97 Å². The van der Waals surface area contributed by atoms with E-state index in [0.29, 0.717) is 12.1 Å². The highest BCUT2D eigenvalue weighted by Crippen LogP contribution is 2.42. The van der Waals surface area contributed by atoms with Crippen LogP contribution in [-0.4, -0.2) is 50.9 Å². The van der Waals surface area contributed by atoms with E-state index in [-0.39, 0.29) is 0 Å². The monoisotopic (exact) mass is 431 g/mol. The number of nitrogens with zero attached hydrogens (tertiary/aromatic N) is 5. The van der Waals surface area contributed by atoms with Gasteiger partial charge in [0, 0.05) is 18.1 Å². The lowest BCUT2D eigenvalue weighted by atomic mass is 9.87. The molecule has 3 aromatic rings. The molecule has 2 aliphatic rings. The average Bonchev–Trinajstić information content (AvgIpc) is 3.18. The zero-order valence-electron chi connectivity index (χ0n) is 19.9. The molecular weight excluding hydrogens is 394 g/mol. The van der Waals surface area contributed by atoms with E-state index in [0.717, 1.165) is 18.0 Å².